The van der Waals surface area contributed by atoms with Gasteiger partial charge in [0.15, 0.2) is 5.58 Å². The number of aromatic nitrogens is 1. The van der Waals surface area contributed by atoms with Crippen molar-refractivity contribution in [2.24, 2.45) is 0 Å². The maximum absolute atomic E-state index is 6.20. The number of hydrogen-bond donors (Lipinski definition) is 0. The number of fused-ring (bicyclic) bond motifs is 3. The summed E-state index contributed by atoms with van der Waals surface area (Å²) < 4.78 is 6.20. The molecule has 5 aromatic rings. The molecule has 2 heterocycles. The Morgan fingerprint density at radius 3 is 2.27 bits per heavy atom. The van der Waals surface area contributed by atoms with Crippen LogP contribution in [0.25, 0.3) is 44.5 Å². The summed E-state index contributed by atoms with van der Waals surface area (Å²) in [7, 11) is 0. The molecule has 3 aromatic carbocycles. The Morgan fingerprint density at radius 1 is 0.731 bits per heavy atom. The van der Waals surface area contributed by atoms with Crippen molar-refractivity contribution < 1.29 is 4.42 Å². The molecule has 0 spiro atoms. The van der Waals surface area contributed by atoms with Gasteiger partial charge in [0.1, 0.15) is 11.1 Å². The molecule has 0 aliphatic carbocycles. The highest BCUT2D eigenvalue weighted by molar-refractivity contribution is 6.08. The van der Waals surface area contributed by atoms with Crippen molar-refractivity contribution in [3.05, 3.63) is 90.5 Å². The lowest BCUT2D eigenvalue weighted by atomic mass is 10.0. The fraction of sp³-hybridized carbons (Fsp3) is 0.0417. The van der Waals surface area contributed by atoms with Crippen LogP contribution < -0.4 is 0 Å². The number of nitrogens with zero attached hydrogens (tertiary/aromatic N) is 1. The molecule has 0 unspecified atom stereocenters. The van der Waals surface area contributed by atoms with Crippen molar-refractivity contribution in [1.29, 1.82) is 0 Å². The summed E-state index contributed by atoms with van der Waals surface area (Å²) in [5.74, 6) is 0. The van der Waals surface area contributed by atoms with Crippen LogP contribution >= 0.6 is 0 Å². The van der Waals surface area contributed by atoms with Gasteiger partial charge in [0.25, 0.3) is 0 Å². The van der Waals surface area contributed by atoms with Crippen molar-refractivity contribution in [3.8, 4) is 22.4 Å². The van der Waals surface area contributed by atoms with E-state index in [-0.39, 0.29) is 0 Å². The first kappa shape index (κ1) is 14.9. The lowest BCUT2D eigenvalue weighted by Crippen LogP contribution is -1.88. The molecule has 0 radical (unpaired) electrons. The van der Waals surface area contributed by atoms with E-state index in [1.54, 1.807) is 0 Å². The first-order valence-electron chi connectivity index (χ1n) is 8.74. The van der Waals surface area contributed by atoms with E-state index in [9.17, 15) is 0 Å². The SMILES string of the molecule is Cc1ccc(-c2cc(-c3ccccc3)nc3c2oc2ccccc23)cc1. The first-order valence-corrected chi connectivity index (χ1v) is 8.74. The summed E-state index contributed by atoms with van der Waals surface area (Å²) in [6.45, 7) is 2.10. The van der Waals surface area contributed by atoms with Crippen LogP contribution in [-0.4, -0.2) is 4.98 Å². The lowest BCUT2D eigenvalue weighted by molar-refractivity contribution is 0.669. The van der Waals surface area contributed by atoms with Gasteiger partial charge < -0.3 is 4.42 Å². The van der Waals surface area contributed by atoms with Crippen LogP contribution in [0.5, 0.6) is 0 Å². The van der Waals surface area contributed by atoms with Gasteiger partial charge in [0.2, 0.25) is 0 Å². The molecule has 0 saturated carbocycles. The molecule has 0 saturated heterocycles. The summed E-state index contributed by atoms with van der Waals surface area (Å²) in [6.07, 6.45) is 0. The fourth-order valence-electron chi connectivity index (χ4n) is 3.38. The van der Waals surface area contributed by atoms with E-state index < -0.39 is 0 Å². The summed E-state index contributed by atoms with van der Waals surface area (Å²) in [5, 5.41) is 1.05. The van der Waals surface area contributed by atoms with E-state index >= 15 is 0 Å². The molecule has 0 N–H and O–H groups in total. The molecule has 26 heavy (non-hydrogen) atoms. The van der Waals surface area contributed by atoms with Crippen LogP contribution in [0.2, 0.25) is 0 Å². The van der Waals surface area contributed by atoms with Crippen molar-refractivity contribution in [2.45, 2.75) is 6.92 Å². The van der Waals surface area contributed by atoms with Crippen molar-refractivity contribution in [2.75, 3.05) is 0 Å². The van der Waals surface area contributed by atoms with Crippen molar-refractivity contribution in [3.63, 3.8) is 0 Å². The molecule has 2 nitrogen and oxygen atoms in total. The number of rotatable bonds is 2. The van der Waals surface area contributed by atoms with Gasteiger partial charge in [0.05, 0.1) is 5.69 Å². The van der Waals surface area contributed by atoms with Crippen LogP contribution in [0.4, 0.5) is 0 Å². The predicted octanol–water partition coefficient (Wildman–Crippen LogP) is 6.62. The highest BCUT2D eigenvalue weighted by Gasteiger charge is 2.16. The second kappa shape index (κ2) is 5.85. The third-order valence-electron chi connectivity index (χ3n) is 4.76. The average molecular weight is 335 g/mol. The smallest absolute Gasteiger partial charge is 0.161 e. The molecule has 0 amide bonds. The van der Waals surface area contributed by atoms with Gasteiger partial charge in [-0.3, -0.25) is 0 Å². The Labute approximate surface area is 151 Å². The van der Waals surface area contributed by atoms with Crippen molar-refractivity contribution >= 4 is 22.1 Å². The Balaban J connectivity index is 1.88. The molecule has 0 aliphatic heterocycles. The van der Waals surface area contributed by atoms with Crippen LogP contribution in [-0.2, 0) is 0 Å². The number of para-hydroxylation sites is 1. The highest BCUT2D eigenvalue weighted by Crippen LogP contribution is 2.37. The van der Waals surface area contributed by atoms with Gasteiger partial charge in [-0.15, -0.1) is 0 Å². The van der Waals surface area contributed by atoms with Crippen molar-refractivity contribution in [1.82, 2.24) is 4.98 Å². The van der Waals surface area contributed by atoms with Crippen LogP contribution in [0, 0.1) is 6.92 Å². The second-order valence-corrected chi connectivity index (χ2v) is 6.56. The van der Waals surface area contributed by atoms with Gasteiger partial charge in [0, 0.05) is 16.5 Å². The van der Waals surface area contributed by atoms with E-state index in [0.29, 0.717) is 0 Å². The Bertz CT molecular complexity index is 1220. The van der Waals surface area contributed by atoms with Gasteiger partial charge in [-0.25, -0.2) is 4.98 Å². The highest BCUT2D eigenvalue weighted by atomic mass is 16.3. The minimum absolute atomic E-state index is 0.842. The zero-order valence-electron chi connectivity index (χ0n) is 14.4. The quantitative estimate of drug-likeness (QED) is 0.362. The third kappa shape index (κ3) is 2.39. The Hall–Kier alpha value is -3.39. The molecule has 0 bridgehead atoms. The average Bonchev–Trinajstić information content (AvgIpc) is 3.07. The number of benzene rings is 3. The minimum atomic E-state index is 0.842. The second-order valence-electron chi connectivity index (χ2n) is 6.56. The van der Waals surface area contributed by atoms with E-state index in [2.05, 4.69) is 55.5 Å². The maximum atomic E-state index is 6.20. The molecule has 5 rings (SSSR count). The lowest BCUT2D eigenvalue weighted by Gasteiger charge is -2.07. The van der Waals surface area contributed by atoms with E-state index in [4.69, 9.17) is 9.40 Å². The molecular weight excluding hydrogens is 318 g/mol. The number of aryl methyl sites for hydroxylation is 1. The molecule has 0 fully saturated rings. The Morgan fingerprint density at radius 2 is 1.46 bits per heavy atom. The third-order valence-corrected chi connectivity index (χ3v) is 4.76. The summed E-state index contributed by atoms with van der Waals surface area (Å²) >= 11 is 0. The molecule has 0 atom stereocenters. The fourth-order valence-corrected chi connectivity index (χ4v) is 3.38. The van der Waals surface area contributed by atoms with Crippen LogP contribution in [0.3, 0.4) is 0 Å². The molecule has 124 valence electrons. The molecule has 2 heteroatoms. The summed E-state index contributed by atoms with van der Waals surface area (Å²) in [6, 6.07) is 29.1. The number of furan rings is 1. The molecule has 0 aliphatic rings. The molecular formula is C24H17NO. The summed E-state index contributed by atoms with van der Waals surface area (Å²) in [5.41, 5.74) is 8.14. The zero-order valence-corrected chi connectivity index (χ0v) is 14.4. The topological polar surface area (TPSA) is 26.0 Å². The zero-order chi connectivity index (χ0) is 17.5. The van der Waals surface area contributed by atoms with E-state index in [1.807, 2.05) is 36.4 Å². The largest absolute Gasteiger partial charge is 0.454 e. The Kier molecular flexibility index (Phi) is 3.36. The van der Waals surface area contributed by atoms with Crippen LogP contribution in [0.1, 0.15) is 5.56 Å². The monoisotopic (exact) mass is 335 g/mol. The van der Waals surface area contributed by atoms with Gasteiger partial charge in [-0.2, -0.15) is 0 Å². The standard InChI is InChI=1S/C24H17NO/c1-16-11-13-17(14-12-16)20-15-21(18-7-3-2-4-8-18)25-23-19-9-5-6-10-22(19)26-24(20)23/h2-15H,1H3. The van der Waals surface area contributed by atoms with Crippen LogP contribution in [0.15, 0.2) is 89.3 Å². The first-order chi connectivity index (χ1) is 12.8. The minimum Gasteiger partial charge on any atom is -0.454 e. The molecule has 2 aromatic heterocycles. The summed E-state index contributed by atoms with van der Waals surface area (Å²) in [4.78, 5) is 4.94. The maximum Gasteiger partial charge on any atom is 0.161 e. The number of hydrogen-bond acceptors (Lipinski definition) is 2. The van der Waals surface area contributed by atoms with Gasteiger partial charge in [-0.05, 0) is 30.7 Å². The van der Waals surface area contributed by atoms with Gasteiger partial charge in [-0.1, -0.05) is 72.3 Å². The number of pyridine rings is 1. The van der Waals surface area contributed by atoms with E-state index in [1.165, 1.54) is 5.56 Å². The normalized spacial score (nSPS) is 11.3. The predicted molar refractivity (Wildman–Crippen MR) is 107 cm³/mol. The van der Waals surface area contributed by atoms with Gasteiger partial charge >= 0.3 is 0 Å². The van der Waals surface area contributed by atoms with E-state index in [0.717, 1.165) is 44.5 Å².